The zero-order chi connectivity index (χ0) is 17.6. The Morgan fingerprint density at radius 1 is 1.08 bits per heavy atom. The van der Waals surface area contributed by atoms with E-state index in [1.165, 1.54) is 51.9 Å². The smallest absolute Gasteiger partial charge is 0.220 e. The molecule has 0 aliphatic carbocycles. The third-order valence-corrected chi connectivity index (χ3v) is 4.31. The highest BCUT2D eigenvalue weighted by molar-refractivity contribution is 5.87. The van der Waals surface area contributed by atoms with E-state index in [9.17, 15) is 9.59 Å². The molecule has 5 nitrogen and oxygen atoms in total. The third-order valence-electron chi connectivity index (χ3n) is 4.31. The van der Waals surface area contributed by atoms with E-state index in [1.54, 1.807) is 12.5 Å². The van der Waals surface area contributed by atoms with Gasteiger partial charge in [-0.2, -0.15) is 0 Å². The Balaban J connectivity index is 2.10. The number of unbranched alkanes of at least 4 members (excludes halogenated alkanes) is 8. The summed E-state index contributed by atoms with van der Waals surface area (Å²) in [7, 11) is 0. The van der Waals surface area contributed by atoms with E-state index in [2.05, 4.69) is 22.2 Å². The SMILES string of the molecule is CCCCCCCCCCCC(=O)N[C@@H](Cc1cnc[nH]1)C(C)=O. The van der Waals surface area contributed by atoms with E-state index in [-0.39, 0.29) is 11.7 Å². The van der Waals surface area contributed by atoms with Gasteiger partial charge in [-0.25, -0.2) is 4.98 Å². The second-order valence-electron chi connectivity index (χ2n) is 6.59. The number of hydrogen-bond acceptors (Lipinski definition) is 3. The van der Waals surface area contributed by atoms with E-state index >= 15 is 0 Å². The number of Topliss-reactive ketones (excluding diaryl/α,β-unsaturated/α-hetero) is 1. The van der Waals surface area contributed by atoms with Gasteiger partial charge in [0.2, 0.25) is 5.91 Å². The van der Waals surface area contributed by atoms with Gasteiger partial charge in [-0.15, -0.1) is 0 Å². The first-order chi connectivity index (χ1) is 11.6. The number of nitrogens with one attached hydrogen (secondary N) is 2. The number of aromatic amines is 1. The minimum absolute atomic E-state index is 0.0231. The first-order valence-corrected chi connectivity index (χ1v) is 9.40. The molecular formula is C19H33N3O2. The van der Waals surface area contributed by atoms with Gasteiger partial charge in [0.05, 0.1) is 12.4 Å². The van der Waals surface area contributed by atoms with E-state index in [4.69, 9.17) is 0 Å². The van der Waals surface area contributed by atoms with Crippen LogP contribution < -0.4 is 5.32 Å². The van der Waals surface area contributed by atoms with Crippen LogP contribution in [0.15, 0.2) is 12.5 Å². The van der Waals surface area contributed by atoms with Gasteiger partial charge >= 0.3 is 0 Å². The highest BCUT2D eigenvalue weighted by atomic mass is 16.2. The average molecular weight is 335 g/mol. The van der Waals surface area contributed by atoms with Gasteiger partial charge in [0.25, 0.3) is 0 Å². The second kappa shape index (κ2) is 12.7. The highest BCUT2D eigenvalue weighted by Crippen LogP contribution is 2.10. The molecule has 5 heteroatoms. The Morgan fingerprint density at radius 3 is 2.25 bits per heavy atom. The maximum atomic E-state index is 12.0. The molecule has 24 heavy (non-hydrogen) atoms. The van der Waals surface area contributed by atoms with Crippen molar-refractivity contribution in [3.63, 3.8) is 0 Å². The molecule has 1 aromatic rings. The minimum atomic E-state index is -0.462. The average Bonchev–Trinajstić information content (AvgIpc) is 3.05. The zero-order valence-corrected chi connectivity index (χ0v) is 15.3. The van der Waals surface area contributed by atoms with Gasteiger partial charge in [0.1, 0.15) is 0 Å². The summed E-state index contributed by atoms with van der Waals surface area (Å²) in [5.74, 6) is -0.0531. The molecule has 0 aliphatic heterocycles. The normalized spacial score (nSPS) is 12.1. The number of rotatable bonds is 14. The van der Waals surface area contributed by atoms with Gasteiger partial charge in [-0.1, -0.05) is 58.3 Å². The molecule has 0 spiro atoms. The molecule has 1 rings (SSSR count). The van der Waals surface area contributed by atoms with Crippen LogP contribution in [0.25, 0.3) is 0 Å². The monoisotopic (exact) mass is 335 g/mol. The Bertz CT molecular complexity index is 457. The van der Waals surface area contributed by atoms with Gasteiger partial charge < -0.3 is 10.3 Å². The summed E-state index contributed by atoms with van der Waals surface area (Å²) in [4.78, 5) is 30.6. The predicted octanol–water partition coefficient (Wildman–Crippen LogP) is 3.95. The molecule has 0 aliphatic rings. The van der Waals surface area contributed by atoms with Gasteiger partial charge in [-0.05, 0) is 13.3 Å². The standard InChI is InChI=1S/C19H33N3O2/c1-3-4-5-6-7-8-9-10-11-12-19(24)22-18(16(2)23)13-17-14-20-15-21-17/h14-15,18H,3-13H2,1-2H3,(H,20,21)(H,22,24)/t18-/m0/s1. The molecule has 2 N–H and O–H groups in total. The number of H-pyrrole nitrogens is 1. The Morgan fingerprint density at radius 2 is 1.71 bits per heavy atom. The molecule has 0 saturated heterocycles. The lowest BCUT2D eigenvalue weighted by Crippen LogP contribution is -2.41. The summed E-state index contributed by atoms with van der Waals surface area (Å²) in [6.07, 6.45) is 15.3. The fourth-order valence-electron chi connectivity index (χ4n) is 2.78. The molecule has 0 unspecified atom stereocenters. The number of nitrogens with zero attached hydrogens (tertiary/aromatic N) is 1. The maximum Gasteiger partial charge on any atom is 0.220 e. The largest absolute Gasteiger partial charge is 0.348 e. The summed E-state index contributed by atoms with van der Waals surface area (Å²) in [5, 5.41) is 2.84. The van der Waals surface area contributed by atoms with Crippen molar-refractivity contribution in [2.75, 3.05) is 0 Å². The zero-order valence-electron chi connectivity index (χ0n) is 15.3. The molecule has 0 saturated carbocycles. The van der Waals surface area contributed by atoms with Crippen LogP contribution in [0.5, 0.6) is 0 Å². The summed E-state index contributed by atoms with van der Waals surface area (Å²) < 4.78 is 0. The Kier molecular flexibility index (Phi) is 10.8. The van der Waals surface area contributed by atoms with Crippen molar-refractivity contribution in [3.8, 4) is 0 Å². The van der Waals surface area contributed by atoms with Crippen LogP contribution in [0.2, 0.25) is 0 Å². The number of carbonyl (C=O) groups excluding carboxylic acids is 2. The molecule has 1 atom stereocenters. The van der Waals surface area contributed by atoms with Crippen LogP contribution in [0.4, 0.5) is 0 Å². The van der Waals surface area contributed by atoms with E-state index in [0.29, 0.717) is 12.8 Å². The van der Waals surface area contributed by atoms with Crippen LogP contribution in [-0.4, -0.2) is 27.7 Å². The lowest BCUT2D eigenvalue weighted by atomic mass is 10.1. The number of hydrogen-bond donors (Lipinski definition) is 2. The molecule has 0 radical (unpaired) electrons. The van der Waals surface area contributed by atoms with Gasteiger partial charge in [-0.3, -0.25) is 9.59 Å². The van der Waals surface area contributed by atoms with Crippen molar-refractivity contribution < 1.29 is 9.59 Å². The topological polar surface area (TPSA) is 74.8 Å². The van der Waals surface area contributed by atoms with E-state index in [1.807, 2.05) is 0 Å². The number of ketones is 1. The van der Waals surface area contributed by atoms with Crippen molar-refractivity contribution in [1.29, 1.82) is 0 Å². The van der Waals surface area contributed by atoms with Gasteiger partial charge in [0, 0.05) is 24.7 Å². The summed E-state index contributed by atoms with van der Waals surface area (Å²) >= 11 is 0. The van der Waals surface area contributed by atoms with Crippen LogP contribution in [0.3, 0.4) is 0 Å². The first kappa shape index (κ1) is 20.4. The molecule has 0 fully saturated rings. The number of imidazole rings is 1. The van der Waals surface area contributed by atoms with Crippen LogP contribution >= 0.6 is 0 Å². The fraction of sp³-hybridized carbons (Fsp3) is 0.737. The quantitative estimate of drug-likeness (QED) is 0.506. The maximum absolute atomic E-state index is 12.0. The van der Waals surface area contributed by atoms with Crippen molar-refractivity contribution in [2.45, 2.75) is 90.5 Å². The Labute approximate surface area is 146 Å². The van der Waals surface area contributed by atoms with Crippen molar-refractivity contribution >= 4 is 11.7 Å². The predicted molar refractivity (Wildman–Crippen MR) is 96.7 cm³/mol. The Hall–Kier alpha value is -1.65. The highest BCUT2D eigenvalue weighted by Gasteiger charge is 2.17. The van der Waals surface area contributed by atoms with E-state index in [0.717, 1.165) is 18.5 Å². The summed E-state index contributed by atoms with van der Waals surface area (Å²) in [6.45, 7) is 3.75. The molecule has 1 amide bonds. The minimum Gasteiger partial charge on any atom is -0.348 e. The molecule has 1 aromatic heterocycles. The second-order valence-corrected chi connectivity index (χ2v) is 6.59. The van der Waals surface area contributed by atoms with Crippen molar-refractivity contribution in [1.82, 2.24) is 15.3 Å². The fourth-order valence-corrected chi connectivity index (χ4v) is 2.78. The molecule has 0 bridgehead atoms. The number of carbonyl (C=O) groups is 2. The van der Waals surface area contributed by atoms with Crippen LogP contribution in [-0.2, 0) is 16.0 Å². The van der Waals surface area contributed by atoms with E-state index < -0.39 is 6.04 Å². The number of amides is 1. The summed E-state index contributed by atoms with van der Waals surface area (Å²) in [5.41, 5.74) is 0.860. The van der Waals surface area contributed by atoms with Crippen LogP contribution in [0, 0.1) is 0 Å². The first-order valence-electron chi connectivity index (χ1n) is 9.40. The summed E-state index contributed by atoms with van der Waals surface area (Å²) in [6, 6.07) is -0.462. The van der Waals surface area contributed by atoms with Crippen molar-refractivity contribution in [3.05, 3.63) is 18.2 Å². The lowest BCUT2D eigenvalue weighted by Gasteiger charge is -2.15. The molecule has 1 heterocycles. The number of aromatic nitrogens is 2. The molecule has 0 aromatic carbocycles. The van der Waals surface area contributed by atoms with Crippen LogP contribution in [0.1, 0.15) is 83.7 Å². The molecule has 136 valence electrons. The van der Waals surface area contributed by atoms with Gasteiger partial charge in [0.15, 0.2) is 5.78 Å². The lowest BCUT2D eigenvalue weighted by molar-refractivity contribution is -0.126. The third kappa shape index (κ3) is 9.48. The molecular weight excluding hydrogens is 302 g/mol. The van der Waals surface area contributed by atoms with Crippen molar-refractivity contribution in [2.24, 2.45) is 0 Å².